The highest BCUT2D eigenvalue weighted by Crippen LogP contribution is 2.44. The number of hydrogen-bond acceptors (Lipinski definition) is 0. The van der Waals surface area contributed by atoms with E-state index in [1.807, 2.05) is 0 Å². The van der Waals surface area contributed by atoms with Crippen LogP contribution in [0.5, 0.6) is 0 Å². The van der Waals surface area contributed by atoms with Crippen molar-refractivity contribution in [3.63, 3.8) is 0 Å². The molecule has 104 valence electrons. The van der Waals surface area contributed by atoms with Gasteiger partial charge in [0.15, 0.2) is 0 Å². The van der Waals surface area contributed by atoms with Crippen LogP contribution in [0.1, 0.15) is 55.2 Å². The molecule has 1 aliphatic rings. The smallest absolute Gasteiger partial charge is 0.00956 e. The van der Waals surface area contributed by atoms with E-state index >= 15 is 0 Å². The van der Waals surface area contributed by atoms with E-state index in [0.29, 0.717) is 11.8 Å². The van der Waals surface area contributed by atoms with E-state index in [-0.39, 0.29) is 0 Å². The Morgan fingerprint density at radius 1 is 0.900 bits per heavy atom. The lowest BCUT2D eigenvalue weighted by Gasteiger charge is -2.24. The molecule has 1 aliphatic carbocycles. The maximum Gasteiger partial charge on any atom is -0.00956 e. The summed E-state index contributed by atoms with van der Waals surface area (Å²) in [5.74, 6) is 2.15. The summed E-state index contributed by atoms with van der Waals surface area (Å²) in [7, 11) is 0. The Hall–Kier alpha value is -1.56. The third-order valence-corrected chi connectivity index (χ3v) is 4.52. The molecular weight excluding hydrogens is 240 g/mol. The molecule has 0 nitrogen and oxygen atoms in total. The molecule has 0 spiro atoms. The van der Waals surface area contributed by atoms with Gasteiger partial charge in [-0.1, -0.05) is 68.4 Å². The zero-order valence-corrected chi connectivity index (χ0v) is 12.5. The topological polar surface area (TPSA) is 0 Å². The van der Waals surface area contributed by atoms with E-state index in [2.05, 4.69) is 68.4 Å². The first-order valence-electron chi connectivity index (χ1n) is 7.88. The maximum absolute atomic E-state index is 2.36. The van der Waals surface area contributed by atoms with Gasteiger partial charge in [0, 0.05) is 0 Å². The van der Waals surface area contributed by atoms with E-state index in [1.54, 1.807) is 11.1 Å². The fourth-order valence-corrected chi connectivity index (χ4v) is 3.19. The molecule has 20 heavy (non-hydrogen) atoms. The van der Waals surface area contributed by atoms with E-state index in [0.717, 1.165) is 12.3 Å². The molecule has 0 radical (unpaired) electrons. The molecule has 0 saturated heterocycles. The first kappa shape index (κ1) is 13.4. The summed E-state index contributed by atoms with van der Waals surface area (Å²) in [6, 6.07) is 20.1. The Kier molecular flexibility index (Phi) is 3.91. The van der Waals surface area contributed by atoms with Crippen LogP contribution in [0, 0.1) is 5.92 Å². The van der Waals surface area contributed by atoms with Crippen LogP contribution < -0.4 is 0 Å². The van der Waals surface area contributed by atoms with E-state index in [4.69, 9.17) is 0 Å². The molecule has 0 heteroatoms. The molecule has 0 bridgehead atoms. The van der Waals surface area contributed by atoms with Crippen molar-refractivity contribution in [1.82, 2.24) is 0 Å². The minimum absolute atomic E-state index is 0.634. The molecule has 0 N–H and O–H groups in total. The molecule has 0 aromatic heterocycles. The normalized spacial score (nSPS) is 16.4. The van der Waals surface area contributed by atoms with Gasteiger partial charge in [-0.15, -0.1) is 0 Å². The summed E-state index contributed by atoms with van der Waals surface area (Å²) in [5, 5.41) is 0. The van der Waals surface area contributed by atoms with Crippen molar-refractivity contribution in [1.29, 1.82) is 0 Å². The number of benzene rings is 2. The van der Waals surface area contributed by atoms with E-state index in [1.165, 1.54) is 18.4 Å². The first-order valence-corrected chi connectivity index (χ1v) is 7.88. The average Bonchev–Trinajstić information content (AvgIpc) is 3.30. The molecule has 1 atom stereocenters. The average molecular weight is 264 g/mol. The molecule has 0 amide bonds. The zero-order valence-electron chi connectivity index (χ0n) is 12.5. The molecule has 1 unspecified atom stereocenters. The Morgan fingerprint density at radius 2 is 1.55 bits per heavy atom. The highest BCUT2D eigenvalue weighted by Gasteiger charge is 2.29. The van der Waals surface area contributed by atoms with Crippen molar-refractivity contribution in [3.05, 3.63) is 71.3 Å². The summed E-state index contributed by atoms with van der Waals surface area (Å²) in [4.78, 5) is 0. The van der Waals surface area contributed by atoms with Crippen LogP contribution in [-0.4, -0.2) is 0 Å². The Labute approximate surface area is 122 Å². The van der Waals surface area contributed by atoms with Crippen molar-refractivity contribution < 1.29 is 0 Å². The van der Waals surface area contributed by atoms with Crippen molar-refractivity contribution >= 4 is 0 Å². The van der Waals surface area contributed by atoms with E-state index in [9.17, 15) is 0 Å². The number of rotatable bonds is 5. The number of hydrogen-bond donors (Lipinski definition) is 0. The second-order valence-corrected chi connectivity index (χ2v) is 6.44. The third kappa shape index (κ3) is 2.95. The van der Waals surface area contributed by atoms with Gasteiger partial charge in [-0.25, -0.2) is 0 Å². The third-order valence-electron chi connectivity index (χ3n) is 4.52. The Balaban J connectivity index is 1.91. The summed E-state index contributed by atoms with van der Waals surface area (Å²) < 4.78 is 0. The van der Waals surface area contributed by atoms with Crippen LogP contribution >= 0.6 is 0 Å². The van der Waals surface area contributed by atoms with Gasteiger partial charge in [-0.2, -0.15) is 0 Å². The monoisotopic (exact) mass is 264 g/mol. The molecule has 0 aliphatic heterocycles. The molecule has 0 heterocycles. The predicted molar refractivity (Wildman–Crippen MR) is 86.1 cm³/mol. The molecule has 1 fully saturated rings. The van der Waals surface area contributed by atoms with Gasteiger partial charge in [0.1, 0.15) is 0 Å². The van der Waals surface area contributed by atoms with Gasteiger partial charge >= 0.3 is 0 Å². The van der Waals surface area contributed by atoms with Gasteiger partial charge < -0.3 is 0 Å². The summed E-state index contributed by atoms with van der Waals surface area (Å²) in [6.07, 6.45) is 3.92. The molecule has 2 aromatic carbocycles. The Bertz CT molecular complexity index is 549. The minimum atomic E-state index is 0.634. The van der Waals surface area contributed by atoms with Gasteiger partial charge in [0.25, 0.3) is 0 Å². The summed E-state index contributed by atoms with van der Waals surface area (Å²) in [6.45, 7) is 4.72. The van der Waals surface area contributed by atoms with Crippen LogP contribution in [-0.2, 0) is 6.42 Å². The Morgan fingerprint density at radius 3 is 2.20 bits per heavy atom. The molecular formula is C20H24. The van der Waals surface area contributed by atoms with Gasteiger partial charge in [0.2, 0.25) is 0 Å². The fourth-order valence-electron chi connectivity index (χ4n) is 3.19. The lowest BCUT2D eigenvalue weighted by molar-refractivity contribution is 0.492. The van der Waals surface area contributed by atoms with Crippen LogP contribution in [0.4, 0.5) is 0 Å². The van der Waals surface area contributed by atoms with Crippen LogP contribution in [0.15, 0.2) is 54.6 Å². The molecule has 3 rings (SSSR count). The lowest BCUT2D eigenvalue weighted by atomic mass is 9.80. The zero-order chi connectivity index (χ0) is 13.9. The maximum atomic E-state index is 2.36. The summed E-state index contributed by atoms with van der Waals surface area (Å²) in [5.41, 5.74) is 4.66. The van der Waals surface area contributed by atoms with E-state index < -0.39 is 0 Å². The standard InChI is InChI=1S/C20H24/c1-15(2)20(14-16-8-4-3-5-9-16)19-11-7-6-10-18(19)17-12-13-17/h3-11,15,17,20H,12-14H2,1-2H3. The highest BCUT2D eigenvalue weighted by molar-refractivity contribution is 5.37. The van der Waals surface area contributed by atoms with Crippen molar-refractivity contribution in [3.8, 4) is 0 Å². The highest BCUT2D eigenvalue weighted by atomic mass is 14.3. The van der Waals surface area contributed by atoms with Crippen LogP contribution in [0.25, 0.3) is 0 Å². The molecule has 2 aromatic rings. The van der Waals surface area contributed by atoms with Gasteiger partial charge in [0.05, 0.1) is 0 Å². The van der Waals surface area contributed by atoms with Crippen molar-refractivity contribution in [2.45, 2.75) is 44.9 Å². The van der Waals surface area contributed by atoms with Gasteiger partial charge in [-0.05, 0) is 53.7 Å². The van der Waals surface area contributed by atoms with Crippen molar-refractivity contribution in [2.24, 2.45) is 5.92 Å². The lowest BCUT2D eigenvalue weighted by Crippen LogP contribution is -2.12. The molecule has 1 saturated carbocycles. The minimum Gasteiger partial charge on any atom is -0.0622 e. The SMILES string of the molecule is CC(C)C(Cc1ccccc1)c1ccccc1C1CC1. The van der Waals surface area contributed by atoms with Gasteiger partial charge in [-0.3, -0.25) is 0 Å². The second kappa shape index (κ2) is 5.83. The van der Waals surface area contributed by atoms with Crippen LogP contribution in [0.3, 0.4) is 0 Å². The first-order chi connectivity index (χ1) is 9.75. The predicted octanol–water partition coefficient (Wildman–Crippen LogP) is 5.55. The fraction of sp³-hybridized carbons (Fsp3) is 0.400. The largest absolute Gasteiger partial charge is 0.0622 e. The van der Waals surface area contributed by atoms with Crippen molar-refractivity contribution in [2.75, 3.05) is 0 Å². The second-order valence-electron chi connectivity index (χ2n) is 6.44. The van der Waals surface area contributed by atoms with Crippen LogP contribution in [0.2, 0.25) is 0 Å². The summed E-state index contributed by atoms with van der Waals surface area (Å²) >= 11 is 0. The quantitative estimate of drug-likeness (QED) is 0.664.